The van der Waals surface area contributed by atoms with E-state index in [-0.39, 0.29) is 52.6 Å². The highest BCUT2D eigenvalue weighted by atomic mass is 16.5. The fraction of sp³-hybridized carbons (Fsp3) is 0.250. The number of imide groups is 1. The van der Waals surface area contributed by atoms with Gasteiger partial charge in [0.05, 0.1) is 28.7 Å². The summed E-state index contributed by atoms with van der Waals surface area (Å²) in [6, 6.07) is 12.8. The lowest BCUT2D eigenvalue weighted by atomic mass is 9.85. The van der Waals surface area contributed by atoms with Crippen LogP contribution in [-0.2, 0) is 9.59 Å². The molecule has 2 amide bonds. The highest BCUT2D eigenvalue weighted by Gasteiger charge is 2.59. The summed E-state index contributed by atoms with van der Waals surface area (Å²) >= 11 is 0. The minimum Gasteiger partial charge on any atom is -0.422 e. The minimum atomic E-state index is -0.661. The summed E-state index contributed by atoms with van der Waals surface area (Å²) in [7, 11) is 0. The van der Waals surface area contributed by atoms with E-state index in [0.717, 1.165) is 6.42 Å². The zero-order chi connectivity index (χ0) is 21.0. The molecule has 6 nitrogen and oxygen atoms in total. The average Bonchev–Trinajstić information content (AvgIpc) is 3.42. The number of ketones is 1. The first-order valence-corrected chi connectivity index (χ1v) is 9.94. The van der Waals surface area contributed by atoms with Crippen LogP contribution in [0.15, 0.2) is 60.7 Å². The lowest BCUT2D eigenvalue weighted by Crippen LogP contribution is -2.33. The molecule has 0 radical (unpaired) electrons. The van der Waals surface area contributed by atoms with E-state index in [2.05, 4.69) is 0 Å². The van der Waals surface area contributed by atoms with Gasteiger partial charge in [0.15, 0.2) is 5.78 Å². The summed E-state index contributed by atoms with van der Waals surface area (Å²) in [5.41, 5.74) is 0.875. The minimum absolute atomic E-state index is 0.123. The van der Waals surface area contributed by atoms with Gasteiger partial charge in [-0.05, 0) is 55.5 Å². The van der Waals surface area contributed by atoms with Crippen LogP contribution >= 0.6 is 0 Å². The Morgan fingerprint density at radius 1 is 0.933 bits per heavy atom. The molecule has 4 atom stereocenters. The van der Waals surface area contributed by atoms with Crippen LogP contribution in [0.25, 0.3) is 0 Å². The summed E-state index contributed by atoms with van der Waals surface area (Å²) in [4.78, 5) is 51.7. The van der Waals surface area contributed by atoms with Crippen LogP contribution in [0.4, 0.5) is 5.69 Å². The second-order valence-electron chi connectivity index (χ2n) is 8.00. The van der Waals surface area contributed by atoms with Crippen molar-refractivity contribution >= 4 is 29.3 Å². The van der Waals surface area contributed by atoms with Gasteiger partial charge in [0.1, 0.15) is 5.75 Å². The SMILES string of the molecule is CC(=O)c1ccccc1OC(=O)c1cccc(N2C(=O)C3C4C=CC(C4)C3C2=O)c1. The monoisotopic (exact) mass is 401 g/mol. The molecule has 1 aliphatic heterocycles. The lowest BCUT2D eigenvalue weighted by Gasteiger charge is -2.18. The van der Waals surface area contributed by atoms with Crippen molar-refractivity contribution in [2.45, 2.75) is 13.3 Å². The molecule has 30 heavy (non-hydrogen) atoms. The van der Waals surface area contributed by atoms with Gasteiger partial charge >= 0.3 is 5.97 Å². The maximum atomic E-state index is 13.0. The van der Waals surface area contributed by atoms with Crippen LogP contribution in [0.1, 0.15) is 34.1 Å². The molecule has 1 heterocycles. The van der Waals surface area contributed by atoms with Crippen LogP contribution in [0.3, 0.4) is 0 Å². The first-order valence-electron chi connectivity index (χ1n) is 9.94. The van der Waals surface area contributed by atoms with Gasteiger partial charge in [-0.3, -0.25) is 14.4 Å². The Morgan fingerprint density at radius 3 is 2.27 bits per heavy atom. The lowest BCUT2D eigenvalue weighted by molar-refractivity contribution is -0.123. The van der Waals surface area contributed by atoms with Gasteiger partial charge < -0.3 is 4.74 Å². The van der Waals surface area contributed by atoms with Crippen molar-refractivity contribution in [3.05, 3.63) is 71.8 Å². The Bertz CT molecular complexity index is 1100. The van der Waals surface area contributed by atoms with Crippen LogP contribution in [0, 0.1) is 23.7 Å². The number of allylic oxidation sites excluding steroid dienone is 2. The van der Waals surface area contributed by atoms with E-state index in [9.17, 15) is 19.2 Å². The number of benzene rings is 2. The number of hydrogen-bond donors (Lipinski definition) is 0. The summed E-state index contributed by atoms with van der Waals surface area (Å²) in [5.74, 6) is -1.46. The number of ether oxygens (including phenoxy) is 1. The predicted octanol–water partition coefficient (Wildman–Crippen LogP) is 3.42. The van der Waals surface area contributed by atoms with E-state index < -0.39 is 5.97 Å². The van der Waals surface area contributed by atoms with Crippen LogP contribution in [0.2, 0.25) is 0 Å². The molecule has 2 bridgehead atoms. The van der Waals surface area contributed by atoms with E-state index >= 15 is 0 Å². The van der Waals surface area contributed by atoms with Crippen molar-refractivity contribution in [1.29, 1.82) is 0 Å². The Kier molecular flexibility index (Phi) is 4.17. The molecule has 2 aromatic rings. The van der Waals surface area contributed by atoms with Crippen LogP contribution < -0.4 is 9.64 Å². The highest BCUT2D eigenvalue weighted by Crippen LogP contribution is 2.53. The van der Waals surface area contributed by atoms with Gasteiger partial charge in [-0.25, -0.2) is 9.69 Å². The predicted molar refractivity (Wildman–Crippen MR) is 108 cm³/mol. The molecule has 4 unspecified atom stereocenters. The van der Waals surface area contributed by atoms with Crippen LogP contribution in [-0.4, -0.2) is 23.6 Å². The first kappa shape index (κ1) is 18.5. The van der Waals surface area contributed by atoms with Crippen molar-refractivity contribution in [2.75, 3.05) is 4.90 Å². The molecule has 0 spiro atoms. The van der Waals surface area contributed by atoms with Crippen molar-refractivity contribution in [2.24, 2.45) is 23.7 Å². The number of fused-ring (bicyclic) bond motifs is 5. The Balaban J connectivity index is 1.42. The molecule has 1 saturated carbocycles. The number of rotatable bonds is 4. The number of esters is 1. The molecule has 2 aliphatic carbocycles. The summed E-state index contributed by atoms with van der Waals surface area (Å²) in [6.07, 6.45) is 4.95. The second-order valence-corrected chi connectivity index (χ2v) is 8.00. The summed E-state index contributed by atoms with van der Waals surface area (Å²) < 4.78 is 5.42. The standard InChI is InChI=1S/C24H19NO5/c1-13(26)18-7-2-3-8-19(18)30-24(29)16-5-4-6-17(12-16)25-22(27)20-14-9-10-15(11-14)21(20)23(25)28/h2-10,12,14-15,20-21H,11H2,1H3. The molecular formula is C24H19NO5. The Labute approximate surface area is 173 Å². The molecule has 2 fully saturated rings. The third-order valence-corrected chi connectivity index (χ3v) is 6.28. The van der Waals surface area contributed by atoms with E-state index in [1.54, 1.807) is 42.5 Å². The van der Waals surface area contributed by atoms with Gasteiger partial charge in [-0.2, -0.15) is 0 Å². The zero-order valence-corrected chi connectivity index (χ0v) is 16.3. The van der Waals surface area contributed by atoms with E-state index in [1.807, 2.05) is 12.2 Å². The maximum Gasteiger partial charge on any atom is 0.343 e. The molecule has 0 aromatic heterocycles. The maximum absolute atomic E-state index is 13.0. The van der Waals surface area contributed by atoms with Crippen molar-refractivity contribution < 1.29 is 23.9 Å². The number of carbonyl (C=O) groups is 4. The zero-order valence-electron chi connectivity index (χ0n) is 16.3. The van der Waals surface area contributed by atoms with Crippen LogP contribution in [0.5, 0.6) is 5.75 Å². The molecule has 0 N–H and O–H groups in total. The normalized spacial score (nSPS) is 26.2. The smallest absolute Gasteiger partial charge is 0.343 e. The fourth-order valence-electron chi connectivity index (χ4n) is 4.93. The topological polar surface area (TPSA) is 80.8 Å². The second kappa shape index (κ2) is 6.76. The number of nitrogens with zero attached hydrogens (tertiary/aromatic N) is 1. The van der Waals surface area contributed by atoms with Crippen molar-refractivity contribution in [3.8, 4) is 5.75 Å². The molecule has 1 saturated heterocycles. The largest absolute Gasteiger partial charge is 0.422 e. The quantitative estimate of drug-likeness (QED) is 0.258. The molecule has 2 aromatic carbocycles. The Morgan fingerprint density at radius 2 is 1.60 bits per heavy atom. The number of anilines is 1. The summed E-state index contributed by atoms with van der Waals surface area (Å²) in [6.45, 7) is 1.40. The number of carbonyl (C=O) groups excluding carboxylic acids is 4. The van der Waals surface area contributed by atoms with Crippen molar-refractivity contribution in [3.63, 3.8) is 0 Å². The van der Waals surface area contributed by atoms with E-state index in [0.29, 0.717) is 11.3 Å². The molecule has 3 aliphatic rings. The van der Waals surface area contributed by atoms with Gasteiger partial charge in [0.2, 0.25) is 11.8 Å². The number of Topliss-reactive ketones (excluding diaryl/α,β-unsaturated/α-hetero) is 1. The summed E-state index contributed by atoms with van der Waals surface area (Å²) in [5, 5.41) is 0. The van der Waals surface area contributed by atoms with Crippen molar-refractivity contribution in [1.82, 2.24) is 0 Å². The van der Waals surface area contributed by atoms with E-state index in [4.69, 9.17) is 4.74 Å². The van der Waals surface area contributed by atoms with Gasteiger partial charge in [-0.15, -0.1) is 0 Å². The first-order chi connectivity index (χ1) is 14.5. The van der Waals surface area contributed by atoms with Gasteiger partial charge in [-0.1, -0.05) is 30.4 Å². The molecule has 6 heteroatoms. The molecular weight excluding hydrogens is 382 g/mol. The number of para-hydroxylation sites is 1. The van der Waals surface area contributed by atoms with E-state index in [1.165, 1.54) is 17.9 Å². The highest BCUT2D eigenvalue weighted by molar-refractivity contribution is 6.23. The fourth-order valence-corrected chi connectivity index (χ4v) is 4.93. The molecule has 5 rings (SSSR count). The van der Waals surface area contributed by atoms with Gasteiger partial charge in [0, 0.05) is 0 Å². The average molecular weight is 401 g/mol. The Hall–Kier alpha value is -3.54. The molecule has 150 valence electrons. The third-order valence-electron chi connectivity index (χ3n) is 6.28. The number of amides is 2. The number of hydrogen-bond acceptors (Lipinski definition) is 5. The third kappa shape index (κ3) is 2.71. The van der Waals surface area contributed by atoms with Gasteiger partial charge in [0.25, 0.3) is 0 Å².